The molecule has 2 saturated carbocycles. The van der Waals surface area contributed by atoms with Crippen LogP contribution in [0.2, 0.25) is 0 Å². The molecule has 3 aromatic rings. The van der Waals surface area contributed by atoms with Crippen LogP contribution in [-0.2, 0) is 19.6 Å². The smallest absolute Gasteiger partial charge is 0.243 e. The van der Waals surface area contributed by atoms with E-state index in [0.717, 1.165) is 54.3 Å². The zero-order chi connectivity index (χ0) is 31.1. The van der Waals surface area contributed by atoms with Gasteiger partial charge in [0.1, 0.15) is 17.3 Å². The number of carbonyl (C=O) groups is 2. The SMILES string of the molecule is N#CCC1(N2CC=C(c3cc(NC(=O)C4CC4)nc4[nH]ccc34)CC2)CN(S(=O)(=O)c2ccc(F)cc2)C1.NC(=O)C1CC1. The fraction of sp³-hybridized carbons (Fsp3) is 0.419. The van der Waals surface area contributed by atoms with E-state index in [1.807, 2.05) is 18.3 Å². The van der Waals surface area contributed by atoms with E-state index in [2.05, 4.69) is 32.3 Å². The number of benzene rings is 1. The maximum atomic E-state index is 13.3. The van der Waals surface area contributed by atoms with Crippen molar-refractivity contribution >= 4 is 44.3 Å². The second kappa shape index (κ2) is 11.8. The number of anilines is 1. The summed E-state index contributed by atoms with van der Waals surface area (Å²) in [7, 11) is -3.76. The fourth-order valence-electron chi connectivity index (χ4n) is 5.76. The lowest BCUT2D eigenvalue weighted by Crippen LogP contribution is -2.71. The standard InChI is InChI=1S/C27H27FN6O3S.C4H7NO/c28-20-3-5-21(6-4-20)38(36,37)34-16-27(17-34,10-11-29)33-13-8-18(9-14-33)23-15-24(32-26(35)19-1-2-19)31-25-22(23)7-12-30-25;5-4(6)3-1-2-3/h3-8,12,15,19H,1-2,9-10,13-14,16-17H2,(H2,30,31,32,35);3H,1-2H2,(H2,5,6). The summed E-state index contributed by atoms with van der Waals surface area (Å²) in [5.41, 5.74) is 7.12. The highest BCUT2D eigenvalue weighted by Gasteiger charge is 2.52. The molecule has 4 heterocycles. The van der Waals surface area contributed by atoms with Crippen LogP contribution in [-0.4, -0.2) is 71.1 Å². The van der Waals surface area contributed by atoms with E-state index in [0.29, 0.717) is 31.0 Å². The van der Waals surface area contributed by atoms with E-state index in [9.17, 15) is 27.7 Å². The number of aromatic nitrogens is 2. The third-order valence-corrected chi connectivity index (χ3v) is 10.5. The summed E-state index contributed by atoms with van der Waals surface area (Å²) < 4.78 is 40.7. The maximum Gasteiger partial charge on any atom is 0.243 e. The number of hydrogen-bond acceptors (Lipinski definition) is 7. The summed E-state index contributed by atoms with van der Waals surface area (Å²) in [5.74, 6) is 0.219. The number of primary amides is 1. The van der Waals surface area contributed by atoms with Gasteiger partial charge in [-0.25, -0.2) is 17.8 Å². The summed E-state index contributed by atoms with van der Waals surface area (Å²) >= 11 is 0. The van der Waals surface area contributed by atoms with Crippen molar-refractivity contribution in [3.8, 4) is 6.07 Å². The van der Waals surface area contributed by atoms with Crippen molar-refractivity contribution in [3.63, 3.8) is 0 Å². The third-order valence-electron chi connectivity index (χ3n) is 8.73. The minimum absolute atomic E-state index is 0.00160. The largest absolute Gasteiger partial charge is 0.369 e. The summed E-state index contributed by atoms with van der Waals surface area (Å²) in [4.78, 5) is 32.2. The number of nitrogens with two attached hydrogens (primary N) is 1. The van der Waals surface area contributed by atoms with Crippen LogP contribution < -0.4 is 11.1 Å². The monoisotopic (exact) mass is 619 g/mol. The number of hydrogen-bond donors (Lipinski definition) is 3. The summed E-state index contributed by atoms with van der Waals surface area (Å²) in [6.45, 7) is 1.64. The molecule has 0 atom stereocenters. The van der Waals surface area contributed by atoms with Gasteiger partial charge in [0.25, 0.3) is 0 Å². The molecule has 0 spiro atoms. The van der Waals surface area contributed by atoms with Crippen LogP contribution in [0.15, 0.2) is 53.6 Å². The van der Waals surface area contributed by atoms with E-state index in [-0.39, 0.29) is 48.1 Å². The average Bonchev–Trinajstić information content (AvgIpc) is 3.92. The molecule has 1 aromatic carbocycles. The first-order valence-electron chi connectivity index (χ1n) is 14.7. The quantitative estimate of drug-likeness (QED) is 0.348. The Kier molecular flexibility index (Phi) is 8.00. The van der Waals surface area contributed by atoms with Crippen LogP contribution in [0.1, 0.15) is 44.1 Å². The molecule has 230 valence electrons. The molecule has 1 saturated heterocycles. The number of fused-ring (bicyclic) bond motifs is 1. The van der Waals surface area contributed by atoms with Crippen LogP contribution >= 0.6 is 0 Å². The average molecular weight is 620 g/mol. The second-order valence-electron chi connectivity index (χ2n) is 11.9. The van der Waals surface area contributed by atoms with E-state index < -0.39 is 21.4 Å². The minimum Gasteiger partial charge on any atom is -0.369 e. The van der Waals surface area contributed by atoms with Crippen LogP contribution in [0.4, 0.5) is 10.2 Å². The highest BCUT2D eigenvalue weighted by molar-refractivity contribution is 7.89. The Labute approximate surface area is 255 Å². The Balaban J connectivity index is 0.000000513. The number of nitrogens with zero attached hydrogens (tertiary/aromatic N) is 4. The summed E-state index contributed by atoms with van der Waals surface area (Å²) in [5, 5.41) is 13.5. The molecule has 11 nitrogen and oxygen atoms in total. The van der Waals surface area contributed by atoms with E-state index in [1.165, 1.54) is 16.4 Å². The van der Waals surface area contributed by atoms with E-state index in [1.54, 1.807) is 0 Å². The molecular formula is C31H34FN7O4S. The number of nitriles is 1. The van der Waals surface area contributed by atoms with Crippen molar-refractivity contribution in [3.05, 3.63) is 60.1 Å². The van der Waals surface area contributed by atoms with Gasteiger partial charge >= 0.3 is 0 Å². The predicted octanol–water partition coefficient (Wildman–Crippen LogP) is 3.38. The number of H-pyrrole nitrogens is 1. The van der Waals surface area contributed by atoms with Gasteiger partial charge in [-0.05, 0) is 79.6 Å². The molecule has 44 heavy (non-hydrogen) atoms. The van der Waals surface area contributed by atoms with Crippen LogP contribution in [0.3, 0.4) is 0 Å². The number of halogens is 1. The molecule has 2 aliphatic heterocycles. The normalized spacial score (nSPS) is 20.0. The van der Waals surface area contributed by atoms with Gasteiger partial charge in [0, 0.05) is 49.6 Å². The van der Waals surface area contributed by atoms with Gasteiger partial charge in [-0.15, -0.1) is 0 Å². The topological polar surface area (TPSA) is 165 Å². The number of carbonyl (C=O) groups excluding carboxylic acids is 2. The number of aromatic amines is 1. The first kappa shape index (κ1) is 29.9. The van der Waals surface area contributed by atoms with Gasteiger partial charge in [-0.3, -0.25) is 14.5 Å². The molecule has 2 aromatic heterocycles. The van der Waals surface area contributed by atoms with E-state index >= 15 is 0 Å². The van der Waals surface area contributed by atoms with Crippen LogP contribution in [0.5, 0.6) is 0 Å². The Morgan fingerprint density at radius 2 is 1.84 bits per heavy atom. The molecule has 3 fully saturated rings. The molecule has 4 N–H and O–H groups in total. The first-order valence-corrected chi connectivity index (χ1v) is 16.2. The summed E-state index contributed by atoms with van der Waals surface area (Å²) in [6.07, 6.45) is 8.74. The van der Waals surface area contributed by atoms with Crippen molar-refractivity contribution < 1.29 is 22.4 Å². The Morgan fingerprint density at radius 3 is 2.41 bits per heavy atom. The maximum absolute atomic E-state index is 13.3. The molecule has 2 aliphatic carbocycles. The zero-order valence-electron chi connectivity index (χ0n) is 24.1. The summed E-state index contributed by atoms with van der Waals surface area (Å²) in [6, 6.07) is 10.9. The lowest BCUT2D eigenvalue weighted by Gasteiger charge is -2.54. The van der Waals surface area contributed by atoms with Crippen LogP contribution in [0.25, 0.3) is 16.6 Å². The van der Waals surface area contributed by atoms with Gasteiger partial charge in [0.15, 0.2) is 0 Å². The zero-order valence-corrected chi connectivity index (χ0v) is 24.9. The number of rotatable bonds is 8. The molecule has 2 amide bonds. The molecule has 0 unspecified atom stereocenters. The highest BCUT2D eigenvalue weighted by atomic mass is 32.2. The Morgan fingerprint density at radius 1 is 1.14 bits per heavy atom. The second-order valence-corrected chi connectivity index (χ2v) is 13.9. The molecular weight excluding hydrogens is 585 g/mol. The lowest BCUT2D eigenvalue weighted by atomic mass is 9.84. The van der Waals surface area contributed by atoms with Gasteiger partial charge in [-0.2, -0.15) is 9.57 Å². The van der Waals surface area contributed by atoms with Crippen molar-refractivity contribution in [2.24, 2.45) is 17.6 Å². The molecule has 0 bridgehead atoms. The number of nitrogens with one attached hydrogen (secondary N) is 2. The van der Waals surface area contributed by atoms with Crippen molar-refractivity contribution in [1.82, 2.24) is 19.2 Å². The minimum atomic E-state index is -3.76. The highest BCUT2D eigenvalue weighted by Crippen LogP contribution is 2.39. The van der Waals surface area contributed by atoms with Gasteiger partial charge in [0.05, 0.1) is 22.9 Å². The van der Waals surface area contributed by atoms with Gasteiger partial charge in [-0.1, -0.05) is 6.08 Å². The molecule has 0 radical (unpaired) electrons. The third kappa shape index (κ3) is 6.10. The van der Waals surface area contributed by atoms with Crippen molar-refractivity contribution in [1.29, 1.82) is 5.26 Å². The predicted molar refractivity (Wildman–Crippen MR) is 162 cm³/mol. The lowest BCUT2D eigenvalue weighted by molar-refractivity contribution is -0.119. The Bertz CT molecular complexity index is 1770. The number of pyridine rings is 1. The first-order chi connectivity index (χ1) is 21.1. The van der Waals surface area contributed by atoms with Crippen molar-refractivity contribution in [2.75, 3.05) is 31.5 Å². The van der Waals surface area contributed by atoms with E-state index in [4.69, 9.17) is 5.73 Å². The number of amides is 2. The fourth-order valence-corrected chi connectivity index (χ4v) is 7.36. The van der Waals surface area contributed by atoms with Crippen LogP contribution in [0, 0.1) is 29.0 Å². The van der Waals surface area contributed by atoms with Gasteiger partial charge < -0.3 is 16.0 Å². The molecule has 7 rings (SSSR count). The Hall–Kier alpha value is -4.12. The van der Waals surface area contributed by atoms with Gasteiger partial charge in [0.2, 0.25) is 21.8 Å². The molecule has 13 heteroatoms. The van der Waals surface area contributed by atoms with Crippen molar-refractivity contribution in [2.45, 2.75) is 49.0 Å². The number of sulfonamides is 1. The molecule has 4 aliphatic rings.